The van der Waals surface area contributed by atoms with Crippen molar-refractivity contribution in [1.29, 1.82) is 0 Å². The summed E-state index contributed by atoms with van der Waals surface area (Å²) in [6.07, 6.45) is 1.82. The van der Waals surface area contributed by atoms with Gasteiger partial charge in [0.2, 0.25) is 0 Å². The first kappa shape index (κ1) is 19.2. The van der Waals surface area contributed by atoms with Gasteiger partial charge in [0.25, 0.3) is 0 Å². The lowest BCUT2D eigenvalue weighted by Gasteiger charge is -2.37. The molecule has 4 aromatic carbocycles. The van der Waals surface area contributed by atoms with Crippen molar-refractivity contribution < 1.29 is 0 Å². The van der Waals surface area contributed by atoms with Gasteiger partial charge in [-0.05, 0) is 35.1 Å². The molecule has 0 bridgehead atoms. The third-order valence-electron chi connectivity index (χ3n) is 5.86. The van der Waals surface area contributed by atoms with E-state index in [1.165, 1.54) is 22.3 Å². The van der Waals surface area contributed by atoms with Crippen LogP contribution in [0.25, 0.3) is 0 Å². The van der Waals surface area contributed by atoms with Crippen LogP contribution >= 0.6 is 0 Å². The van der Waals surface area contributed by atoms with Crippen LogP contribution in [0.2, 0.25) is 0 Å². The fourth-order valence-electron chi connectivity index (χ4n) is 4.34. The van der Waals surface area contributed by atoms with Crippen molar-refractivity contribution in [2.24, 2.45) is 5.73 Å². The van der Waals surface area contributed by atoms with Gasteiger partial charge in [-0.2, -0.15) is 0 Å². The van der Waals surface area contributed by atoms with Crippen LogP contribution < -0.4 is 5.73 Å². The van der Waals surface area contributed by atoms with E-state index in [2.05, 4.69) is 115 Å². The molecule has 0 saturated carbocycles. The standard InChI is InChI=1S/C28H27N/c29-27(23-13-5-1-6-14-23)21-22-28(24-15-7-2-8-16-24,25-17-9-3-10-18-25)26-19-11-4-12-20-26/h1-20,27H,21-22,29H2. The second-order valence-electron chi connectivity index (χ2n) is 7.56. The Hall–Kier alpha value is -3.16. The third-order valence-corrected chi connectivity index (χ3v) is 5.86. The Morgan fingerprint density at radius 1 is 0.517 bits per heavy atom. The van der Waals surface area contributed by atoms with Crippen LogP contribution in [0.15, 0.2) is 121 Å². The summed E-state index contributed by atoms with van der Waals surface area (Å²) in [4.78, 5) is 0. The summed E-state index contributed by atoms with van der Waals surface area (Å²) in [6.45, 7) is 0. The smallest absolute Gasteiger partial charge is 0.0452 e. The largest absolute Gasteiger partial charge is 0.324 e. The van der Waals surface area contributed by atoms with Crippen molar-refractivity contribution in [3.8, 4) is 0 Å². The summed E-state index contributed by atoms with van der Waals surface area (Å²) >= 11 is 0. The van der Waals surface area contributed by atoms with Gasteiger partial charge < -0.3 is 5.73 Å². The Kier molecular flexibility index (Phi) is 5.88. The van der Waals surface area contributed by atoms with E-state index in [9.17, 15) is 0 Å². The van der Waals surface area contributed by atoms with Crippen molar-refractivity contribution >= 4 is 0 Å². The first-order valence-corrected chi connectivity index (χ1v) is 10.3. The molecule has 2 N–H and O–H groups in total. The Morgan fingerprint density at radius 3 is 1.24 bits per heavy atom. The highest BCUT2D eigenvalue weighted by Gasteiger charge is 2.36. The molecule has 1 unspecified atom stereocenters. The second-order valence-corrected chi connectivity index (χ2v) is 7.56. The third kappa shape index (κ3) is 4.01. The van der Waals surface area contributed by atoms with Crippen LogP contribution in [-0.2, 0) is 5.41 Å². The second kappa shape index (κ2) is 8.89. The molecule has 0 spiro atoms. The van der Waals surface area contributed by atoms with Crippen LogP contribution in [0.3, 0.4) is 0 Å². The fourth-order valence-corrected chi connectivity index (χ4v) is 4.34. The summed E-state index contributed by atoms with van der Waals surface area (Å²) in [7, 11) is 0. The molecule has 144 valence electrons. The van der Waals surface area contributed by atoms with Crippen molar-refractivity contribution in [2.45, 2.75) is 24.3 Å². The number of rotatable bonds is 7. The molecular weight excluding hydrogens is 350 g/mol. The van der Waals surface area contributed by atoms with Crippen LogP contribution in [0.1, 0.15) is 41.1 Å². The van der Waals surface area contributed by atoms with Gasteiger partial charge in [-0.3, -0.25) is 0 Å². The van der Waals surface area contributed by atoms with E-state index in [1.807, 2.05) is 6.07 Å². The molecule has 0 aliphatic rings. The zero-order valence-electron chi connectivity index (χ0n) is 16.6. The predicted molar refractivity (Wildman–Crippen MR) is 122 cm³/mol. The summed E-state index contributed by atoms with van der Waals surface area (Å²) in [5.41, 5.74) is 11.5. The highest BCUT2D eigenvalue weighted by molar-refractivity contribution is 5.50. The normalized spacial score (nSPS) is 12.4. The van der Waals surface area contributed by atoms with E-state index in [4.69, 9.17) is 5.73 Å². The number of nitrogens with two attached hydrogens (primary N) is 1. The fraction of sp³-hybridized carbons (Fsp3) is 0.143. The lowest BCUT2D eigenvalue weighted by atomic mass is 9.66. The molecule has 0 saturated heterocycles. The quantitative estimate of drug-likeness (QED) is 0.365. The summed E-state index contributed by atoms with van der Waals surface area (Å²) < 4.78 is 0. The van der Waals surface area contributed by atoms with E-state index < -0.39 is 0 Å². The molecule has 0 radical (unpaired) electrons. The number of hydrogen-bond acceptors (Lipinski definition) is 1. The van der Waals surface area contributed by atoms with Crippen molar-refractivity contribution in [3.63, 3.8) is 0 Å². The van der Waals surface area contributed by atoms with E-state index in [1.54, 1.807) is 0 Å². The van der Waals surface area contributed by atoms with E-state index in [0.29, 0.717) is 0 Å². The van der Waals surface area contributed by atoms with Gasteiger partial charge in [-0.1, -0.05) is 121 Å². The number of hydrogen-bond donors (Lipinski definition) is 1. The zero-order chi connectivity index (χ0) is 19.9. The Labute approximate surface area is 173 Å². The molecule has 29 heavy (non-hydrogen) atoms. The minimum absolute atomic E-state index is 0.00621. The molecule has 0 fully saturated rings. The molecule has 4 rings (SSSR count). The molecule has 4 aromatic rings. The minimum atomic E-state index is -0.240. The average Bonchev–Trinajstić information content (AvgIpc) is 2.82. The van der Waals surface area contributed by atoms with Crippen LogP contribution in [-0.4, -0.2) is 0 Å². The van der Waals surface area contributed by atoms with E-state index in [0.717, 1.165) is 12.8 Å². The Bertz CT molecular complexity index is 898. The van der Waals surface area contributed by atoms with Crippen LogP contribution in [0, 0.1) is 0 Å². The molecule has 0 aliphatic heterocycles. The Balaban J connectivity index is 1.82. The van der Waals surface area contributed by atoms with Crippen molar-refractivity contribution in [2.75, 3.05) is 0 Å². The highest BCUT2D eigenvalue weighted by Crippen LogP contribution is 2.44. The molecular formula is C28H27N. The monoisotopic (exact) mass is 377 g/mol. The van der Waals surface area contributed by atoms with E-state index >= 15 is 0 Å². The first-order chi connectivity index (χ1) is 14.3. The van der Waals surface area contributed by atoms with Crippen LogP contribution in [0.5, 0.6) is 0 Å². The molecule has 1 atom stereocenters. The average molecular weight is 378 g/mol. The lowest BCUT2D eigenvalue weighted by Crippen LogP contribution is -2.31. The minimum Gasteiger partial charge on any atom is -0.324 e. The van der Waals surface area contributed by atoms with Crippen molar-refractivity contribution in [1.82, 2.24) is 0 Å². The van der Waals surface area contributed by atoms with Gasteiger partial charge in [0.15, 0.2) is 0 Å². The summed E-state index contributed by atoms with van der Waals surface area (Å²) in [5.74, 6) is 0. The maximum Gasteiger partial charge on any atom is 0.0452 e. The van der Waals surface area contributed by atoms with Gasteiger partial charge in [0.1, 0.15) is 0 Å². The molecule has 0 aliphatic carbocycles. The van der Waals surface area contributed by atoms with Gasteiger partial charge >= 0.3 is 0 Å². The summed E-state index contributed by atoms with van der Waals surface area (Å²) in [5, 5.41) is 0. The van der Waals surface area contributed by atoms with Gasteiger partial charge in [-0.15, -0.1) is 0 Å². The lowest BCUT2D eigenvalue weighted by molar-refractivity contribution is 0.491. The van der Waals surface area contributed by atoms with E-state index in [-0.39, 0.29) is 11.5 Å². The van der Waals surface area contributed by atoms with Crippen molar-refractivity contribution in [3.05, 3.63) is 144 Å². The maximum absolute atomic E-state index is 6.64. The molecule has 1 nitrogen and oxygen atoms in total. The molecule has 1 heteroatoms. The molecule has 0 heterocycles. The summed E-state index contributed by atoms with van der Waals surface area (Å²) in [6, 6.07) is 42.9. The van der Waals surface area contributed by atoms with Gasteiger partial charge in [0.05, 0.1) is 0 Å². The Morgan fingerprint density at radius 2 is 0.862 bits per heavy atom. The van der Waals surface area contributed by atoms with Gasteiger partial charge in [-0.25, -0.2) is 0 Å². The SMILES string of the molecule is NC(CCC(c1ccccc1)(c1ccccc1)c1ccccc1)c1ccccc1. The molecule has 0 amide bonds. The topological polar surface area (TPSA) is 26.0 Å². The predicted octanol–water partition coefficient (Wildman–Crippen LogP) is 6.50. The van der Waals surface area contributed by atoms with Gasteiger partial charge in [0, 0.05) is 11.5 Å². The first-order valence-electron chi connectivity index (χ1n) is 10.3. The molecule has 0 aromatic heterocycles. The van der Waals surface area contributed by atoms with Crippen LogP contribution in [0.4, 0.5) is 0 Å². The maximum atomic E-state index is 6.64. The number of benzene rings is 4. The highest BCUT2D eigenvalue weighted by atomic mass is 14.6. The zero-order valence-corrected chi connectivity index (χ0v) is 16.6.